The molecule has 162 valence electrons. The van der Waals surface area contributed by atoms with Gasteiger partial charge in [0.25, 0.3) is 5.69 Å². The van der Waals surface area contributed by atoms with E-state index in [4.69, 9.17) is 18.9 Å². The Balaban J connectivity index is 2.10. The third kappa shape index (κ3) is 4.39. The molecule has 1 atom stereocenters. The van der Waals surface area contributed by atoms with Gasteiger partial charge >= 0.3 is 5.97 Å². The number of esters is 1. The molecule has 0 fully saturated rings. The lowest BCUT2D eigenvalue weighted by molar-refractivity contribution is -0.385. The van der Waals surface area contributed by atoms with Gasteiger partial charge in [0.2, 0.25) is 18.0 Å². The number of hydrogen-bond acceptors (Lipinski definition) is 9. The van der Waals surface area contributed by atoms with E-state index in [9.17, 15) is 19.7 Å². The van der Waals surface area contributed by atoms with Crippen LogP contribution in [0.3, 0.4) is 0 Å². The summed E-state index contributed by atoms with van der Waals surface area (Å²) in [6.07, 6.45) is -0.936. The monoisotopic (exact) mass is 429 g/mol. The van der Waals surface area contributed by atoms with Crippen LogP contribution >= 0.6 is 0 Å². The largest absolute Gasteiger partial charge is 0.497 e. The van der Waals surface area contributed by atoms with Crippen molar-refractivity contribution in [3.63, 3.8) is 0 Å². The maximum atomic E-state index is 12.2. The van der Waals surface area contributed by atoms with Gasteiger partial charge in [-0.25, -0.2) is 0 Å². The van der Waals surface area contributed by atoms with Crippen LogP contribution in [0.4, 0.5) is 5.69 Å². The molecule has 2 aromatic carbocycles. The number of nitro groups is 1. The predicted octanol–water partition coefficient (Wildman–Crippen LogP) is 2.78. The van der Waals surface area contributed by atoms with Crippen molar-refractivity contribution in [2.45, 2.75) is 20.1 Å². The smallest absolute Gasteiger partial charge is 0.308 e. The quantitative estimate of drug-likeness (QED) is 0.297. The molecule has 2 aromatic rings. The van der Waals surface area contributed by atoms with E-state index in [1.165, 1.54) is 28.1 Å². The molecular weight excluding hydrogens is 410 g/mol. The van der Waals surface area contributed by atoms with Gasteiger partial charge in [-0.3, -0.25) is 19.7 Å². The van der Waals surface area contributed by atoms with Gasteiger partial charge in [0.15, 0.2) is 11.5 Å². The number of benzene rings is 2. The Hall–Kier alpha value is -4.15. The molecule has 0 bridgehead atoms. The van der Waals surface area contributed by atoms with E-state index in [2.05, 4.69) is 5.10 Å². The number of amides is 1. The van der Waals surface area contributed by atoms with E-state index in [1.807, 2.05) is 0 Å². The zero-order valence-electron chi connectivity index (χ0n) is 17.1. The maximum absolute atomic E-state index is 12.2. The minimum atomic E-state index is -0.936. The second kappa shape index (κ2) is 8.69. The first kappa shape index (κ1) is 21.6. The molecule has 1 amide bonds. The van der Waals surface area contributed by atoms with Gasteiger partial charge in [0.05, 0.1) is 30.8 Å². The van der Waals surface area contributed by atoms with E-state index in [-0.39, 0.29) is 28.6 Å². The molecule has 0 saturated carbocycles. The van der Waals surface area contributed by atoms with E-state index in [0.29, 0.717) is 11.3 Å². The molecular formula is C20H19N3O8. The summed E-state index contributed by atoms with van der Waals surface area (Å²) < 4.78 is 21.4. The van der Waals surface area contributed by atoms with Crippen LogP contribution < -0.4 is 14.2 Å². The van der Waals surface area contributed by atoms with Gasteiger partial charge in [-0.2, -0.15) is 5.01 Å². The van der Waals surface area contributed by atoms with Crippen LogP contribution in [-0.4, -0.2) is 41.9 Å². The topological polar surface area (TPSA) is 130 Å². The van der Waals surface area contributed by atoms with Crippen LogP contribution in [0.1, 0.15) is 31.2 Å². The molecule has 1 heterocycles. The number of nitro benzene ring substituents is 1. The normalized spacial score (nSPS) is 15.0. The number of nitrogens with zero attached hydrogens (tertiary/aromatic N) is 3. The number of rotatable bonds is 6. The van der Waals surface area contributed by atoms with Gasteiger partial charge in [-0.05, 0) is 24.3 Å². The first-order valence-electron chi connectivity index (χ1n) is 8.99. The van der Waals surface area contributed by atoms with Crippen molar-refractivity contribution < 1.29 is 33.5 Å². The van der Waals surface area contributed by atoms with Crippen LogP contribution in [0.15, 0.2) is 41.5 Å². The summed E-state index contributed by atoms with van der Waals surface area (Å²) in [5.74, 6) is -0.817. The molecule has 0 saturated heterocycles. The van der Waals surface area contributed by atoms with Crippen LogP contribution in [0, 0.1) is 10.1 Å². The number of non-ortho nitro benzene ring substituents is 1. The zero-order valence-corrected chi connectivity index (χ0v) is 17.1. The first-order chi connectivity index (χ1) is 14.7. The van der Waals surface area contributed by atoms with Crippen LogP contribution in [0.2, 0.25) is 0 Å². The number of hydrazone groups is 1. The number of ether oxygens (including phenoxy) is 4. The van der Waals surface area contributed by atoms with Crippen LogP contribution in [-0.2, 0) is 14.3 Å². The highest BCUT2D eigenvalue weighted by molar-refractivity contribution is 6.01. The highest BCUT2D eigenvalue weighted by Gasteiger charge is 2.36. The first-order valence-corrected chi connectivity index (χ1v) is 8.99. The van der Waals surface area contributed by atoms with Gasteiger partial charge < -0.3 is 18.9 Å². The highest BCUT2D eigenvalue weighted by atomic mass is 16.6. The van der Waals surface area contributed by atoms with Crippen LogP contribution in [0.25, 0.3) is 0 Å². The van der Waals surface area contributed by atoms with Gasteiger partial charge in [0, 0.05) is 25.5 Å². The van der Waals surface area contributed by atoms with E-state index >= 15 is 0 Å². The number of carbonyl (C=O) groups excluding carboxylic acids is 2. The average Bonchev–Trinajstić information content (AvgIpc) is 3.19. The molecule has 1 aliphatic rings. The Morgan fingerprint density at radius 1 is 1.13 bits per heavy atom. The predicted molar refractivity (Wildman–Crippen MR) is 107 cm³/mol. The zero-order chi connectivity index (χ0) is 22.7. The Labute approximate surface area is 176 Å². The summed E-state index contributed by atoms with van der Waals surface area (Å²) >= 11 is 0. The lowest BCUT2D eigenvalue weighted by atomic mass is 10.1. The third-order valence-electron chi connectivity index (χ3n) is 4.31. The van der Waals surface area contributed by atoms with Crippen molar-refractivity contribution in [1.29, 1.82) is 0 Å². The summed E-state index contributed by atoms with van der Waals surface area (Å²) in [4.78, 5) is 34.5. The van der Waals surface area contributed by atoms with E-state index in [0.717, 1.165) is 17.1 Å². The molecule has 0 aliphatic carbocycles. The lowest BCUT2D eigenvalue weighted by Gasteiger charge is -2.19. The Morgan fingerprint density at radius 2 is 1.81 bits per heavy atom. The second-order valence-corrected chi connectivity index (χ2v) is 6.39. The van der Waals surface area contributed by atoms with Crippen LogP contribution in [0.5, 0.6) is 17.2 Å². The van der Waals surface area contributed by atoms with Crippen molar-refractivity contribution in [2.75, 3.05) is 14.2 Å². The minimum absolute atomic E-state index is 0.0106. The highest BCUT2D eigenvalue weighted by Crippen LogP contribution is 2.40. The average molecular weight is 429 g/mol. The fraction of sp³-hybridized carbons (Fsp3) is 0.250. The van der Waals surface area contributed by atoms with Gasteiger partial charge in [-0.1, -0.05) is 0 Å². The molecule has 0 radical (unpaired) electrons. The number of hydrogen-bond donors (Lipinski definition) is 0. The maximum Gasteiger partial charge on any atom is 0.308 e. The Bertz CT molecular complexity index is 1060. The molecule has 1 aliphatic heterocycles. The van der Waals surface area contributed by atoms with E-state index in [1.54, 1.807) is 24.3 Å². The molecule has 31 heavy (non-hydrogen) atoms. The summed E-state index contributed by atoms with van der Waals surface area (Å²) in [5.41, 5.74) is 0.237. The summed E-state index contributed by atoms with van der Waals surface area (Å²) in [7, 11) is 2.80. The summed E-state index contributed by atoms with van der Waals surface area (Å²) in [6, 6.07) is 9.01. The minimum Gasteiger partial charge on any atom is -0.497 e. The SMILES string of the molecule is COc1ccc([C@H]2OC(c3cc([N+](=O)[O-])cc(OC)c3OC(C)=O)=NN2C(C)=O)cc1. The fourth-order valence-corrected chi connectivity index (χ4v) is 2.91. The summed E-state index contributed by atoms with van der Waals surface area (Å²) in [5, 5.41) is 16.6. The second-order valence-electron chi connectivity index (χ2n) is 6.39. The fourth-order valence-electron chi connectivity index (χ4n) is 2.91. The summed E-state index contributed by atoms with van der Waals surface area (Å²) in [6.45, 7) is 2.47. The molecule has 0 unspecified atom stereocenters. The number of methoxy groups -OCH3 is 2. The van der Waals surface area contributed by atoms with Crippen molar-refractivity contribution in [2.24, 2.45) is 5.10 Å². The molecule has 11 nitrogen and oxygen atoms in total. The number of carbonyl (C=O) groups is 2. The van der Waals surface area contributed by atoms with E-state index < -0.39 is 23.0 Å². The Morgan fingerprint density at radius 3 is 2.32 bits per heavy atom. The van der Waals surface area contributed by atoms with Crippen molar-refractivity contribution in [1.82, 2.24) is 5.01 Å². The van der Waals surface area contributed by atoms with Crippen molar-refractivity contribution in [3.8, 4) is 17.2 Å². The molecule has 11 heteroatoms. The van der Waals surface area contributed by atoms with Crippen molar-refractivity contribution in [3.05, 3.63) is 57.6 Å². The van der Waals surface area contributed by atoms with Gasteiger partial charge in [0.1, 0.15) is 5.75 Å². The molecule has 0 N–H and O–H groups in total. The Kier molecular flexibility index (Phi) is 6.05. The molecule has 0 spiro atoms. The third-order valence-corrected chi connectivity index (χ3v) is 4.31. The lowest BCUT2D eigenvalue weighted by Crippen LogP contribution is -2.25. The molecule has 3 rings (SSSR count). The standard InChI is InChI=1S/C20H19N3O8/c1-11(24)22-20(13-5-7-15(28-3)8-6-13)31-19(21-22)16-9-14(23(26)27)10-17(29-4)18(16)30-12(2)25/h5-10,20H,1-4H3/t20-/m1/s1. The van der Waals surface area contributed by atoms with Crippen molar-refractivity contribution >= 4 is 23.5 Å². The van der Waals surface area contributed by atoms with Gasteiger partial charge in [-0.15, -0.1) is 5.10 Å². The molecule has 0 aromatic heterocycles.